The van der Waals surface area contributed by atoms with Crippen LogP contribution in [-0.4, -0.2) is 35.8 Å². The fourth-order valence-electron chi connectivity index (χ4n) is 1.94. The molecule has 0 saturated heterocycles. The van der Waals surface area contributed by atoms with Crippen molar-refractivity contribution < 1.29 is 9.90 Å². The van der Waals surface area contributed by atoms with Crippen LogP contribution in [0.2, 0.25) is 0 Å². The topological polar surface area (TPSA) is 93.8 Å². The second kappa shape index (κ2) is 5.99. The number of aromatic carboxylic acids is 1. The summed E-state index contributed by atoms with van der Waals surface area (Å²) in [5.74, 6) is 0.853. The Bertz CT molecular complexity index is 663. The minimum Gasteiger partial charge on any atom is -0.476 e. The minimum absolute atomic E-state index is 0.0454. The van der Waals surface area contributed by atoms with Crippen molar-refractivity contribution in [3.63, 3.8) is 0 Å². The summed E-state index contributed by atoms with van der Waals surface area (Å²) in [6.07, 6.45) is 2.85. The predicted octanol–water partition coefficient (Wildman–Crippen LogP) is 2.00. The Morgan fingerprint density at radius 3 is 2.52 bits per heavy atom. The molecule has 2 rings (SSSR count). The minimum atomic E-state index is -1.09. The van der Waals surface area contributed by atoms with Crippen molar-refractivity contribution in [1.29, 1.82) is 0 Å². The van der Waals surface area contributed by atoms with Crippen LogP contribution >= 0.6 is 0 Å². The van der Waals surface area contributed by atoms with E-state index >= 15 is 0 Å². The van der Waals surface area contributed by atoms with Crippen LogP contribution in [-0.2, 0) is 12.8 Å². The number of hydrogen-bond acceptors (Lipinski definition) is 5. The first kappa shape index (κ1) is 15.1. The summed E-state index contributed by atoms with van der Waals surface area (Å²) in [6.45, 7) is 7.74. The third-order valence-electron chi connectivity index (χ3n) is 3.09. The lowest BCUT2D eigenvalue weighted by Crippen LogP contribution is -2.14. The van der Waals surface area contributed by atoms with Gasteiger partial charge in [-0.1, -0.05) is 27.7 Å². The first-order valence-electron chi connectivity index (χ1n) is 7.03. The van der Waals surface area contributed by atoms with E-state index in [2.05, 4.69) is 20.1 Å². The highest BCUT2D eigenvalue weighted by Gasteiger charge is 2.20. The van der Waals surface area contributed by atoms with Crippen molar-refractivity contribution >= 4 is 5.97 Å². The zero-order valence-corrected chi connectivity index (χ0v) is 12.7. The van der Waals surface area contributed by atoms with Gasteiger partial charge in [-0.15, -0.1) is 0 Å². The average Bonchev–Trinajstić information content (AvgIpc) is 2.89. The highest BCUT2D eigenvalue weighted by molar-refractivity contribution is 5.89. The van der Waals surface area contributed by atoms with Gasteiger partial charge in [-0.2, -0.15) is 5.10 Å². The SMILES string of the molecule is CCc1nc(CC)n(-c2cnc(C(C)C)nc2C(=O)O)n1. The van der Waals surface area contributed by atoms with Gasteiger partial charge in [0.25, 0.3) is 0 Å². The fourth-order valence-corrected chi connectivity index (χ4v) is 1.94. The monoisotopic (exact) mass is 289 g/mol. The van der Waals surface area contributed by atoms with Crippen LogP contribution in [0.25, 0.3) is 5.69 Å². The summed E-state index contributed by atoms with van der Waals surface area (Å²) in [6, 6.07) is 0. The van der Waals surface area contributed by atoms with E-state index in [0.717, 1.165) is 0 Å². The van der Waals surface area contributed by atoms with Crippen LogP contribution in [0.3, 0.4) is 0 Å². The van der Waals surface area contributed by atoms with E-state index in [4.69, 9.17) is 0 Å². The van der Waals surface area contributed by atoms with Crippen LogP contribution in [0, 0.1) is 0 Å². The van der Waals surface area contributed by atoms with E-state index in [1.807, 2.05) is 27.7 Å². The number of carboxylic acid groups (broad SMARTS) is 1. The Morgan fingerprint density at radius 1 is 1.29 bits per heavy atom. The maximum Gasteiger partial charge on any atom is 0.356 e. The summed E-state index contributed by atoms with van der Waals surface area (Å²) >= 11 is 0. The van der Waals surface area contributed by atoms with Gasteiger partial charge in [-0.05, 0) is 0 Å². The van der Waals surface area contributed by atoms with E-state index < -0.39 is 5.97 Å². The van der Waals surface area contributed by atoms with Crippen molar-refractivity contribution in [2.45, 2.75) is 46.5 Å². The van der Waals surface area contributed by atoms with Crippen LogP contribution < -0.4 is 0 Å². The van der Waals surface area contributed by atoms with Gasteiger partial charge in [0.05, 0.1) is 6.20 Å². The van der Waals surface area contributed by atoms with Crippen LogP contribution in [0.4, 0.5) is 0 Å². The second-order valence-corrected chi connectivity index (χ2v) is 4.99. The Labute approximate surface area is 123 Å². The molecular weight excluding hydrogens is 270 g/mol. The number of nitrogens with zero attached hydrogens (tertiary/aromatic N) is 5. The van der Waals surface area contributed by atoms with Crippen molar-refractivity contribution in [3.05, 3.63) is 29.4 Å². The number of hydrogen-bond donors (Lipinski definition) is 1. The molecule has 0 aliphatic rings. The van der Waals surface area contributed by atoms with E-state index in [1.165, 1.54) is 10.9 Å². The molecular formula is C14H19N5O2. The van der Waals surface area contributed by atoms with Gasteiger partial charge in [0.15, 0.2) is 11.5 Å². The normalized spacial score (nSPS) is 11.1. The summed E-state index contributed by atoms with van der Waals surface area (Å²) in [5, 5.41) is 13.8. The van der Waals surface area contributed by atoms with Gasteiger partial charge < -0.3 is 5.11 Å². The Hall–Kier alpha value is -2.31. The molecule has 2 aromatic heterocycles. The van der Waals surface area contributed by atoms with Gasteiger partial charge in [0.2, 0.25) is 0 Å². The maximum absolute atomic E-state index is 11.5. The lowest BCUT2D eigenvalue weighted by atomic mass is 10.2. The molecule has 0 bridgehead atoms. The first-order chi connectivity index (χ1) is 9.97. The van der Waals surface area contributed by atoms with Crippen LogP contribution in [0.1, 0.15) is 61.6 Å². The van der Waals surface area contributed by atoms with Gasteiger partial charge in [-0.25, -0.2) is 24.4 Å². The molecule has 7 heteroatoms. The number of aromatic nitrogens is 5. The van der Waals surface area contributed by atoms with Crippen molar-refractivity contribution in [2.75, 3.05) is 0 Å². The standard InChI is InChI=1S/C14H19N5O2/c1-5-10-16-11(6-2)19(18-10)9-7-15-13(8(3)4)17-12(9)14(20)21/h7-8H,5-6H2,1-4H3,(H,20,21). The smallest absolute Gasteiger partial charge is 0.356 e. The van der Waals surface area contributed by atoms with E-state index in [1.54, 1.807) is 0 Å². The van der Waals surface area contributed by atoms with E-state index in [9.17, 15) is 9.90 Å². The molecule has 0 amide bonds. The number of carbonyl (C=O) groups is 1. The number of aryl methyl sites for hydroxylation is 2. The average molecular weight is 289 g/mol. The highest BCUT2D eigenvalue weighted by atomic mass is 16.4. The molecule has 0 aliphatic carbocycles. The highest BCUT2D eigenvalue weighted by Crippen LogP contribution is 2.17. The molecule has 0 radical (unpaired) electrons. The van der Waals surface area contributed by atoms with Crippen LogP contribution in [0.5, 0.6) is 0 Å². The fraction of sp³-hybridized carbons (Fsp3) is 0.500. The van der Waals surface area contributed by atoms with Gasteiger partial charge in [-0.3, -0.25) is 0 Å². The second-order valence-electron chi connectivity index (χ2n) is 4.99. The molecule has 0 spiro atoms. The molecule has 2 heterocycles. The van der Waals surface area contributed by atoms with E-state index in [-0.39, 0.29) is 11.6 Å². The number of carboxylic acids is 1. The zero-order chi connectivity index (χ0) is 15.6. The molecule has 21 heavy (non-hydrogen) atoms. The zero-order valence-electron chi connectivity index (χ0n) is 12.7. The van der Waals surface area contributed by atoms with Crippen molar-refractivity contribution in [3.8, 4) is 5.69 Å². The molecule has 0 unspecified atom stereocenters. The summed E-state index contributed by atoms with van der Waals surface area (Å²) in [7, 11) is 0. The van der Waals surface area contributed by atoms with Crippen molar-refractivity contribution in [1.82, 2.24) is 24.7 Å². The molecule has 0 atom stereocenters. The molecule has 0 saturated carbocycles. The molecule has 7 nitrogen and oxygen atoms in total. The quantitative estimate of drug-likeness (QED) is 0.904. The third kappa shape index (κ3) is 2.91. The lowest BCUT2D eigenvalue weighted by molar-refractivity contribution is 0.0689. The molecule has 2 aromatic rings. The first-order valence-corrected chi connectivity index (χ1v) is 7.03. The van der Waals surface area contributed by atoms with Gasteiger partial charge >= 0.3 is 5.97 Å². The van der Waals surface area contributed by atoms with Crippen LogP contribution in [0.15, 0.2) is 6.20 Å². The summed E-state index contributed by atoms with van der Waals surface area (Å²) in [4.78, 5) is 24.3. The Balaban J connectivity index is 2.63. The van der Waals surface area contributed by atoms with Gasteiger partial charge in [0, 0.05) is 18.8 Å². The maximum atomic E-state index is 11.5. The lowest BCUT2D eigenvalue weighted by Gasteiger charge is -2.10. The molecule has 0 aliphatic heterocycles. The number of rotatable bonds is 5. The molecule has 1 N–H and O–H groups in total. The summed E-state index contributed by atoms with van der Waals surface area (Å²) in [5.41, 5.74) is 0.312. The molecule has 0 aromatic carbocycles. The molecule has 112 valence electrons. The molecule has 0 fully saturated rings. The largest absolute Gasteiger partial charge is 0.476 e. The predicted molar refractivity (Wildman–Crippen MR) is 76.8 cm³/mol. The van der Waals surface area contributed by atoms with Crippen molar-refractivity contribution in [2.24, 2.45) is 0 Å². The Kier molecular flexibility index (Phi) is 4.30. The Morgan fingerprint density at radius 2 is 2.00 bits per heavy atom. The summed E-state index contributed by atoms with van der Waals surface area (Å²) < 4.78 is 1.53. The third-order valence-corrected chi connectivity index (χ3v) is 3.09. The van der Waals surface area contributed by atoms with Gasteiger partial charge in [0.1, 0.15) is 17.3 Å². The van der Waals surface area contributed by atoms with E-state index in [0.29, 0.717) is 36.0 Å².